The van der Waals surface area contributed by atoms with Gasteiger partial charge in [0, 0.05) is 18.1 Å². The SMILES string of the molecule is CCn1ncc2ccncc21. The highest BCUT2D eigenvalue weighted by atomic mass is 15.3. The summed E-state index contributed by atoms with van der Waals surface area (Å²) in [6, 6.07) is 1.97. The quantitative estimate of drug-likeness (QED) is 0.611. The monoisotopic (exact) mass is 147 g/mol. The zero-order valence-corrected chi connectivity index (χ0v) is 6.36. The number of pyridine rings is 1. The summed E-state index contributed by atoms with van der Waals surface area (Å²) in [5.41, 5.74) is 1.11. The second kappa shape index (κ2) is 2.34. The van der Waals surface area contributed by atoms with Gasteiger partial charge in [-0.25, -0.2) is 0 Å². The molecule has 11 heavy (non-hydrogen) atoms. The van der Waals surface area contributed by atoms with Gasteiger partial charge in [0.15, 0.2) is 0 Å². The molecular weight excluding hydrogens is 138 g/mol. The number of nitrogens with zero attached hydrogens (tertiary/aromatic N) is 3. The van der Waals surface area contributed by atoms with Crippen LogP contribution in [0.5, 0.6) is 0 Å². The maximum Gasteiger partial charge on any atom is 0.0865 e. The molecule has 0 spiro atoms. The van der Waals surface area contributed by atoms with E-state index in [2.05, 4.69) is 17.0 Å². The Morgan fingerprint density at radius 1 is 1.45 bits per heavy atom. The first kappa shape index (κ1) is 6.34. The van der Waals surface area contributed by atoms with Crippen molar-refractivity contribution in [2.24, 2.45) is 0 Å². The average Bonchev–Trinajstić information content (AvgIpc) is 2.47. The van der Waals surface area contributed by atoms with Crippen molar-refractivity contribution in [3.05, 3.63) is 24.7 Å². The number of aryl methyl sites for hydroxylation is 1. The highest BCUT2D eigenvalue weighted by Gasteiger charge is 1.97. The van der Waals surface area contributed by atoms with E-state index in [-0.39, 0.29) is 0 Å². The summed E-state index contributed by atoms with van der Waals surface area (Å²) in [5.74, 6) is 0. The molecule has 0 saturated heterocycles. The first-order chi connectivity index (χ1) is 5.42. The molecule has 0 atom stereocenters. The Bertz CT molecular complexity index is 364. The Morgan fingerprint density at radius 2 is 2.36 bits per heavy atom. The Hall–Kier alpha value is -1.38. The molecule has 0 amide bonds. The maximum absolute atomic E-state index is 4.19. The van der Waals surface area contributed by atoms with Gasteiger partial charge in [0.05, 0.1) is 17.9 Å². The molecule has 2 heterocycles. The molecule has 0 radical (unpaired) electrons. The Labute approximate surface area is 64.7 Å². The third-order valence-corrected chi connectivity index (χ3v) is 1.75. The van der Waals surface area contributed by atoms with Gasteiger partial charge in [-0.1, -0.05) is 0 Å². The van der Waals surface area contributed by atoms with Gasteiger partial charge in [-0.2, -0.15) is 5.10 Å². The normalized spacial score (nSPS) is 10.6. The minimum absolute atomic E-state index is 0.898. The van der Waals surface area contributed by atoms with Crippen LogP contribution in [0.15, 0.2) is 24.7 Å². The lowest BCUT2D eigenvalue weighted by Gasteiger charge is -1.95. The third-order valence-electron chi connectivity index (χ3n) is 1.75. The van der Waals surface area contributed by atoms with E-state index in [1.807, 2.05) is 23.1 Å². The first-order valence-corrected chi connectivity index (χ1v) is 3.67. The lowest BCUT2D eigenvalue weighted by atomic mass is 10.3. The molecule has 0 N–H and O–H groups in total. The van der Waals surface area contributed by atoms with Crippen molar-refractivity contribution < 1.29 is 0 Å². The Morgan fingerprint density at radius 3 is 3.18 bits per heavy atom. The van der Waals surface area contributed by atoms with E-state index in [4.69, 9.17) is 0 Å². The van der Waals surface area contributed by atoms with Crippen LogP contribution in [0, 0.1) is 0 Å². The summed E-state index contributed by atoms with van der Waals surface area (Å²) >= 11 is 0. The molecule has 0 aliphatic heterocycles. The number of fused-ring (bicyclic) bond motifs is 1. The molecule has 3 nitrogen and oxygen atoms in total. The summed E-state index contributed by atoms with van der Waals surface area (Å²) in [4.78, 5) is 4.03. The van der Waals surface area contributed by atoms with Gasteiger partial charge < -0.3 is 0 Å². The van der Waals surface area contributed by atoms with Gasteiger partial charge in [0.2, 0.25) is 0 Å². The largest absolute Gasteiger partial charge is 0.264 e. The van der Waals surface area contributed by atoms with E-state index in [1.165, 1.54) is 0 Å². The zero-order valence-electron chi connectivity index (χ0n) is 6.36. The fraction of sp³-hybridized carbons (Fsp3) is 0.250. The van der Waals surface area contributed by atoms with Crippen LogP contribution in [-0.4, -0.2) is 14.8 Å². The molecule has 2 aromatic heterocycles. The molecule has 0 fully saturated rings. The van der Waals surface area contributed by atoms with Gasteiger partial charge in [-0.15, -0.1) is 0 Å². The van der Waals surface area contributed by atoms with Crippen molar-refractivity contribution in [3.8, 4) is 0 Å². The van der Waals surface area contributed by atoms with E-state index < -0.39 is 0 Å². The molecule has 3 heteroatoms. The van der Waals surface area contributed by atoms with E-state index in [0.29, 0.717) is 0 Å². The molecule has 2 rings (SSSR count). The minimum atomic E-state index is 0.898. The first-order valence-electron chi connectivity index (χ1n) is 3.67. The maximum atomic E-state index is 4.19. The van der Waals surface area contributed by atoms with Gasteiger partial charge >= 0.3 is 0 Å². The van der Waals surface area contributed by atoms with Crippen LogP contribution in [0.4, 0.5) is 0 Å². The molecule has 0 aromatic carbocycles. The van der Waals surface area contributed by atoms with Gasteiger partial charge in [0.25, 0.3) is 0 Å². The summed E-state index contributed by atoms with van der Waals surface area (Å²) in [5, 5.41) is 5.34. The van der Waals surface area contributed by atoms with Crippen LogP contribution >= 0.6 is 0 Å². The number of hydrogen-bond donors (Lipinski definition) is 0. The molecule has 0 aliphatic rings. The molecule has 0 bridgehead atoms. The van der Waals surface area contributed by atoms with Crippen LogP contribution in [0.25, 0.3) is 10.9 Å². The second-order valence-electron chi connectivity index (χ2n) is 2.39. The highest BCUT2D eigenvalue weighted by Crippen LogP contribution is 2.09. The summed E-state index contributed by atoms with van der Waals surface area (Å²) < 4.78 is 1.93. The van der Waals surface area contributed by atoms with Gasteiger partial charge in [-0.3, -0.25) is 9.67 Å². The van der Waals surface area contributed by atoms with Crippen molar-refractivity contribution in [2.45, 2.75) is 13.5 Å². The molecular formula is C8H9N3. The standard InChI is InChI=1S/C8H9N3/c1-2-11-8-6-9-4-3-7(8)5-10-11/h3-6H,2H2,1H3. The lowest BCUT2D eigenvalue weighted by molar-refractivity contribution is 0.683. The molecule has 0 unspecified atom stereocenters. The fourth-order valence-corrected chi connectivity index (χ4v) is 1.17. The van der Waals surface area contributed by atoms with Crippen molar-refractivity contribution in [3.63, 3.8) is 0 Å². The highest BCUT2D eigenvalue weighted by molar-refractivity contribution is 5.77. The second-order valence-corrected chi connectivity index (χ2v) is 2.39. The van der Waals surface area contributed by atoms with Crippen molar-refractivity contribution in [1.82, 2.24) is 14.8 Å². The van der Waals surface area contributed by atoms with Crippen LogP contribution in [0.3, 0.4) is 0 Å². The topological polar surface area (TPSA) is 30.7 Å². The number of aromatic nitrogens is 3. The summed E-state index contributed by atoms with van der Waals surface area (Å²) in [7, 11) is 0. The molecule has 2 aromatic rings. The van der Waals surface area contributed by atoms with Crippen molar-refractivity contribution in [2.75, 3.05) is 0 Å². The number of hydrogen-bond acceptors (Lipinski definition) is 2. The van der Waals surface area contributed by atoms with E-state index in [9.17, 15) is 0 Å². The predicted octanol–water partition coefficient (Wildman–Crippen LogP) is 1.45. The fourth-order valence-electron chi connectivity index (χ4n) is 1.17. The van der Waals surface area contributed by atoms with E-state index in [1.54, 1.807) is 6.20 Å². The molecule has 56 valence electrons. The molecule has 0 aliphatic carbocycles. The van der Waals surface area contributed by atoms with Crippen LogP contribution < -0.4 is 0 Å². The number of rotatable bonds is 1. The summed E-state index contributed by atoms with van der Waals surface area (Å²) in [6.45, 7) is 2.97. The van der Waals surface area contributed by atoms with Crippen LogP contribution in [0.2, 0.25) is 0 Å². The summed E-state index contributed by atoms with van der Waals surface area (Å²) in [6.07, 6.45) is 5.48. The average molecular weight is 147 g/mol. The predicted molar refractivity (Wildman–Crippen MR) is 43.2 cm³/mol. The van der Waals surface area contributed by atoms with E-state index >= 15 is 0 Å². The minimum Gasteiger partial charge on any atom is -0.264 e. The van der Waals surface area contributed by atoms with Crippen molar-refractivity contribution >= 4 is 10.9 Å². The zero-order chi connectivity index (χ0) is 7.68. The van der Waals surface area contributed by atoms with Gasteiger partial charge in [0.1, 0.15) is 0 Å². The Balaban J connectivity index is 2.76. The lowest BCUT2D eigenvalue weighted by Crippen LogP contribution is -1.94. The van der Waals surface area contributed by atoms with Crippen LogP contribution in [0.1, 0.15) is 6.92 Å². The van der Waals surface area contributed by atoms with Crippen LogP contribution in [-0.2, 0) is 6.54 Å². The smallest absolute Gasteiger partial charge is 0.0865 e. The third kappa shape index (κ3) is 0.888. The van der Waals surface area contributed by atoms with Gasteiger partial charge in [-0.05, 0) is 13.0 Å². The van der Waals surface area contributed by atoms with E-state index in [0.717, 1.165) is 17.4 Å². The Kier molecular flexibility index (Phi) is 1.35. The molecule has 0 saturated carbocycles. The van der Waals surface area contributed by atoms with Crippen molar-refractivity contribution in [1.29, 1.82) is 0 Å².